The van der Waals surface area contributed by atoms with Crippen molar-refractivity contribution in [1.29, 1.82) is 0 Å². The molecule has 1 aliphatic rings. The van der Waals surface area contributed by atoms with Gasteiger partial charge in [0, 0.05) is 18.6 Å². The van der Waals surface area contributed by atoms with Gasteiger partial charge in [-0.1, -0.05) is 5.18 Å². The van der Waals surface area contributed by atoms with Crippen LogP contribution in [0.25, 0.3) is 0 Å². The summed E-state index contributed by atoms with van der Waals surface area (Å²) in [6.45, 7) is 2.13. The lowest BCUT2D eigenvalue weighted by molar-refractivity contribution is 0.0943. The van der Waals surface area contributed by atoms with E-state index >= 15 is 0 Å². The molecule has 1 saturated heterocycles. The Morgan fingerprint density at radius 1 is 1.70 bits per heavy atom. The molecule has 1 fully saturated rings. The van der Waals surface area contributed by atoms with E-state index in [9.17, 15) is 4.91 Å². The highest BCUT2D eigenvalue weighted by Crippen LogP contribution is 2.19. The first kappa shape index (κ1) is 7.63. The number of nitrogens with zero attached hydrogens (tertiary/aromatic N) is 2. The Balaban J connectivity index is 2.20. The number of rotatable bonds is 3. The zero-order valence-corrected chi connectivity index (χ0v) is 6.21. The van der Waals surface area contributed by atoms with Gasteiger partial charge in [-0.2, -0.15) is 4.91 Å². The Morgan fingerprint density at radius 3 is 2.70 bits per heavy atom. The van der Waals surface area contributed by atoms with Crippen LogP contribution in [0.2, 0.25) is 0 Å². The van der Waals surface area contributed by atoms with Crippen LogP contribution in [0.4, 0.5) is 0 Å². The Bertz CT molecular complexity index is 131. The second-order valence-corrected chi connectivity index (χ2v) is 3.14. The number of nitrogens with two attached hydrogens (primary N) is 1. The van der Waals surface area contributed by atoms with E-state index in [0.717, 1.165) is 19.5 Å². The van der Waals surface area contributed by atoms with Gasteiger partial charge in [-0.15, -0.1) is 0 Å². The maximum absolute atomic E-state index is 9.75. The molecule has 0 atom stereocenters. The molecule has 0 saturated carbocycles. The predicted octanol–water partition coefficient (Wildman–Crippen LogP) is -0.214. The topological polar surface area (TPSA) is 58.7 Å². The van der Waals surface area contributed by atoms with Gasteiger partial charge in [0.05, 0.1) is 6.54 Å². The summed E-state index contributed by atoms with van der Waals surface area (Å²) in [7, 11) is 2.01. The molecule has 0 aromatic rings. The molecule has 0 bridgehead atoms. The highest BCUT2D eigenvalue weighted by Gasteiger charge is 2.36. The van der Waals surface area contributed by atoms with Crippen molar-refractivity contribution in [2.45, 2.75) is 12.0 Å². The third-order valence-electron chi connectivity index (χ3n) is 1.87. The second kappa shape index (κ2) is 2.64. The van der Waals surface area contributed by atoms with E-state index in [1.54, 1.807) is 0 Å². The monoisotopic (exact) mass is 143 g/mol. The van der Waals surface area contributed by atoms with Crippen molar-refractivity contribution in [3.63, 3.8) is 0 Å². The molecule has 10 heavy (non-hydrogen) atoms. The van der Waals surface area contributed by atoms with Crippen LogP contribution >= 0.6 is 0 Å². The lowest BCUT2D eigenvalue weighted by Gasteiger charge is -2.45. The first-order valence-electron chi connectivity index (χ1n) is 3.43. The molecule has 1 rings (SSSR count). The van der Waals surface area contributed by atoms with Gasteiger partial charge in [-0.3, -0.25) is 0 Å². The minimum Gasteiger partial charge on any atom is -0.323 e. The molecule has 0 amide bonds. The van der Waals surface area contributed by atoms with Crippen LogP contribution in [-0.4, -0.2) is 37.1 Å². The van der Waals surface area contributed by atoms with Crippen LogP contribution in [0.5, 0.6) is 0 Å². The molecule has 0 aliphatic carbocycles. The summed E-state index contributed by atoms with van der Waals surface area (Å²) in [5, 5.41) is 2.78. The van der Waals surface area contributed by atoms with Crippen LogP contribution < -0.4 is 5.73 Å². The quantitative estimate of drug-likeness (QED) is 0.556. The minimum absolute atomic E-state index is 0.122. The molecular formula is C6H13N3O. The summed E-state index contributed by atoms with van der Waals surface area (Å²) in [5.41, 5.74) is 5.72. The molecule has 2 N–H and O–H groups in total. The number of likely N-dealkylation sites (N-methyl/N-ethyl adjacent to an activating group) is 1. The zero-order chi connectivity index (χ0) is 7.61. The molecular weight excluding hydrogens is 130 g/mol. The van der Waals surface area contributed by atoms with Crippen LogP contribution in [0.3, 0.4) is 0 Å². The molecule has 0 aromatic carbocycles. The minimum atomic E-state index is -0.122. The van der Waals surface area contributed by atoms with Crippen LogP contribution in [0, 0.1) is 4.91 Å². The maximum Gasteiger partial charge on any atom is 0.0829 e. The van der Waals surface area contributed by atoms with Gasteiger partial charge >= 0.3 is 0 Å². The highest BCUT2D eigenvalue weighted by molar-refractivity contribution is 4.98. The molecule has 1 heterocycles. The SMILES string of the molecule is CN1CC(N)(CCN=O)C1. The van der Waals surface area contributed by atoms with E-state index < -0.39 is 0 Å². The first-order chi connectivity index (χ1) is 4.66. The summed E-state index contributed by atoms with van der Waals surface area (Å²) in [6.07, 6.45) is 0.723. The fourth-order valence-electron chi connectivity index (χ4n) is 1.46. The maximum atomic E-state index is 9.75. The van der Waals surface area contributed by atoms with Crippen LogP contribution in [0.1, 0.15) is 6.42 Å². The van der Waals surface area contributed by atoms with Crippen molar-refractivity contribution in [2.75, 3.05) is 26.7 Å². The summed E-state index contributed by atoms with van der Waals surface area (Å²) < 4.78 is 0. The third-order valence-corrected chi connectivity index (χ3v) is 1.87. The van der Waals surface area contributed by atoms with Crippen LogP contribution in [0.15, 0.2) is 5.18 Å². The molecule has 0 radical (unpaired) electrons. The van der Waals surface area contributed by atoms with Crippen molar-refractivity contribution < 1.29 is 0 Å². The van der Waals surface area contributed by atoms with Gasteiger partial charge in [0.15, 0.2) is 0 Å². The Hall–Kier alpha value is -0.480. The van der Waals surface area contributed by atoms with Crippen molar-refractivity contribution >= 4 is 0 Å². The van der Waals surface area contributed by atoms with Gasteiger partial charge in [0.2, 0.25) is 0 Å². The predicted molar refractivity (Wildman–Crippen MR) is 39.7 cm³/mol. The fourth-order valence-corrected chi connectivity index (χ4v) is 1.46. The van der Waals surface area contributed by atoms with Gasteiger partial charge < -0.3 is 10.6 Å². The lowest BCUT2D eigenvalue weighted by Crippen LogP contribution is -2.66. The van der Waals surface area contributed by atoms with E-state index in [1.807, 2.05) is 7.05 Å². The lowest BCUT2D eigenvalue weighted by atomic mass is 9.88. The summed E-state index contributed by atoms with van der Waals surface area (Å²) >= 11 is 0. The largest absolute Gasteiger partial charge is 0.323 e. The van der Waals surface area contributed by atoms with E-state index in [1.165, 1.54) is 0 Å². The summed E-state index contributed by atoms with van der Waals surface area (Å²) in [6, 6.07) is 0. The average Bonchev–Trinajstić information content (AvgIpc) is 1.81. The number of hydrogen-bond acceptors (Lipinski definition) is 4. The Morgan fingerprint density at radius 2 is 2.30 bits per heavy atom. The van der Waals surface area contributed by atoms with Gasteiger partial charge in [-0.05, 0) is 13.5 Å². The van der Waals surface area contributed by atoms with Crippen molar-refractivity contribution in [3.8, 4) is 0 Å². The van der Waals surface area contributed by atoms with Gasteiger partial charge in [-0.25, -0.2) is 0 Å². The molecule has 58 valence electrons. The Labute approximate surface area is 60.4 Å². The molecule has 0 aromatic heterocycles. The molecule has 4 nitrogen and oxygen atoms in total. The highest BCUT2D eigenvalue weighted by atomic mass is 16.3. The van der Waals surface area contributed by atoms with E-state index in [2.05, 4.69) is 10.1 Å². The van der Waals surface area contributed by atoms with Crippen molar-refractivity contribution in [3.05, 3.63) is 4.91 Å². The van der Waals surface area contributed by atoms with Crippen molar-refractivity contribution in [2.24, 2.45) is 10.9 Å². The fraction of sp³-hybridized carbons (Fsp3) is 1.00. The van der Waals surface area contributed by atoms with Crippen LogP contribution in [-0.2, 0) is 0 Å². The number of hydrogen-bond donors (Lipinski definition) is 1. The van der Waals surface area contributed by atoms with Gasteiger partial charge in [0.25, 0.3) is 0 Å². The summed E-state index contributed by atoms with van der Waals surface area (Å²) in [5.74, 6) is 0. The zero-order valence-electron chi connectivity index (χ0n) is 6.21. The standard InChI is InChI=1S/C6H13N3O/c1-9-4-6(7,5-9)2-3-8-10/h2-5,7H2,1H3. The van der Waals surface area contributed by atoms with Gasteiger partial charge in [0.1, 0.15) is 0 Å². The second-order valence-electron chi connectivity index (χ2n) is 3.14. The normalized spacial score (nSPS) is 23.8. The summed E-state index contributed by atoms with van der Waals surface area (Å²) in [4.78, 5) is 11.9. The molecule has 1 aliphatic heterocycles. The smallest absolute Gasteiger partial charge is 0.0829 e. The first-order valence-corrected chi connectivity index (χ1v) is 3.43. The molecule has 0 unspecified atom stereocenters. The number of likely N-dealkylation sites (tertiary alicyclic amines) is 1. The van der Waals surface area contributed by atoms with Crippen molar-refractivity contribution in [1.82, 2.24) is 4.90 Å². The number of nitroso groups, excluding NO2 is 1. The molecule has 4 heteroatoms. The van der Waals surface area contributed by atoms with E-state index in [-0.39, 0.29) is 5.54 Å². The third kappa shape index (κ3) is 1.52. The van der Waals surface area contributed by atoms with E-state index in [4.69, 9.17) is 5.73 Å². The molecule has 0 spiro atoms. The Kier molecular flexibility index (Phi) is 2.01. The van der Waals surface area contributed by atoms with E-state index in [0.29, 0.717) is 6.54 Å². The average molecular weight is 143 g/mol.